The van der Waals surface area contributed by atoms with Crippen LogP contribution in [-0.4, -0.2) is 31.4 Å². The maximum Gasteiger partial charge on any atom is 0.332 e. The number of hydrogen-bond donors (Lipinski definition) is 0. The van der Waals surface area contributed by atoms with Crippen molar-refractivity contribution < 1.29 is 9.13 Å². The fraction of sp³-hybridized carbons (Fsp3) is 0.150. The van der Waals surface area contributed by atoms with Crippen molar-refractivity contribution in [3.63, 3.8) is 0 Å². The highest BCUT2D eigenvalue weighted by Crippen LogP contribution is 2.19. The number of halogens is 1. The summed E-state index contributed by atoms with van der Waals surface area (Å²) in [5.41, 5.74) is 0.299. The van der Waals surface area contributed by atoms with Crippen molar-refractivity contribution in [2.45, 2.75) is 6.54 Å². The number of fused-ring (bicyclic) bond motifs is 1. The van der Waals surface area contributed by atoms with Crippen molar-refractivity contribution in [3.05, 3.63) is 80.7 Å². The molecule has 8 nitrogen and oxygen atoms in total. The van der Waals surface area contributed by atoms with E-state index in [1.54, 1.807) is 43.5 Å². The van der Waals surface area contributed by atoms with Crippen LogP contribution in [0.4, 0.5) is 4.39 Å². The van der Waals surface area contributed by atoms with Gasteiger partial charge in [0.15, 0.2) is 17.0 Å². The molecule has 0 radical (unpaired) electrons. The van der Waals surface area contributed by atoms with E-state index in [0.29, 0.717) is 16.9 Å². The molecular formula is C20H16FN5O3. The Balaban J connectivity index is 1.87. The highest BCUT2D eigenvalue weighted by Gasteiger charge is 2.16. The Morgan fingerprint density at radius 2 is 1.69 bits per heavy atom. The summed E-state index contributed by atoms with van der Waals surface area (Å²) < 4.78 is 20.6. The first-order valence-electron chi connectivity index (χ1n) is 8.71. The van der Waals surface area contributed by atoms with E-state index < -0.39 is 11.2 Å². The lowest BCUT2D eigenvalue weighted by molar-refractivity contribution is 0.415. The maximum absolute atomic E-state index is 13.2. The van der Waals surface area contributed by atoms with Crippen LogP contribution in [0.15, 0.2) is 58.1 Å². The third kappa shape index (κ3) is 3.38. The van der Waals surface area contributed by atoms with Gasteiger partial charge in [0.05, 0.1) is 13.7 Å². The highest BCUT2D eigenvalue weighted by molar-refractivity contribution is 5.71. The number of benzene rings is 2. The number of ether oxygens (including phenoxy) is 1. The van der Waals surface area contributed by atoms with Crippen LogP contribution in [-0.2, 0) is 13.6 Å². The monoisotopic (exact) mass is 393 g/mol. The molecule has 0 unspecified atom stereocenters. The van der Waals surface area contributed by atoms with Gasteiger partial charge in [-0.1, -0.05) is 12.1 Å². The third-order valence-corrected chi connectivity index (χ3v) is 4.55. The molecule has 0 aliphatic heterocycles. The molecule has 2 aromatic carbocycles. The second-order valence-electron chi connectivity index (χ2n) is 6.40. The minimum absolute atomic E-state index is 0.0232. The Hall–Kier alpha value is -3.88. The zero-order valence-corrected chi connectivity index (χ0v) is 15.7. The molecule has 4 rings (SSSR count). The van der Waals surface area contributed by atoms with Crippen molar-refractivity contribution in [2.75, 3.05) is 7.11 Å². The summed E-state index contributed by atoms with van der Waals surface area (Å²) in [4.78, 5) is 29.6. The van der Waals surface area contributed by atoms with Gasteiger partial charge in [-0.25, -0.2) is 14.2 Å². The number of aromatic nitrogens is 5. The topological polar surface area (TPSA) is 91.9 Å². The van der Waals surface area contributed by atoms with E-state index in [1.165, 1.54) is 23.7 Å². The van der Waals surface area contributed by atoms with Gasteiger partial charge in [-0.3, -0.25) is 13.9 Å². The first kappa shape index (κ1) is 18.5. The largest absolute Gasteiger partial charge is 0.497 e. The van der Waals surface area contributed by atoms with E-state index >= 15 is 0 Å². The van der Waals surface area contributed by atoms with Gasteiger partial charge in [0.1, 0.15) is 11.6 Å². The lowest BCUT2D eigenvalue weighted by Crippen LogP contribution is -2.39. The zero-order valence-electron chi connectivity index (χ0n) is 15.7. The lowest BCUT2D eigenvalue weighted by atomic mass is 10.2. The van der Waals surface area contributed by atoms with E-state index in [1.807, 2.05) is 0 Å². The first-order chi connectivity index (χ1) is 14.0. The third-order valence-electron chi connectivity index (χ3n) is 4.55. The van der Waals surface area contributed by atoms with Gasteiger partial charge >= 0.3 is 5.69 Å². The highest BCUT2D eigenvalue weighted by atomic mass is 19.1. The van der Waals surface area contributed by atoms with Crippen molar-refractivity contribution in [2.24, 2.45) is 7.05 Å². The smallest absolute Gasteiger partial charge is 0.332 e. The molecule has 0 aliphatic carbocycles. The molecule has 0 N–H and O–H groups in total. The number of nitrogens with zero attached hydrogens (tertiary/aromatic N) is 5. The van der Waals surface area contributed by atoms with Gasteiger partial charge < -0.3 is 4.74 Å². The van der Waals surface area contributed by atoms with Crippen LogP contribution in [0.5, 0.6) is 5.75 Å². The van der Waals surface area contributed by atoms with Crippen LogP contribution in [0.1, 0.15) is 5.56 Å². The summed E-state index contributed by atoms with van der Waals surface area (Å²) >= 11 is 0. The van der Waals surface area contributed by atoms with Crippen molar-refractivity contribution in [3.8, 4) is 17.1 Å². The molecule has 0 saturated carbocycles. The number of hydrogen-bond acceptors (Lipinski definition) is 6. The minimum Gasteiger partial charge on any atom is -0.497 e. The Bertz CT molecular complexity index is 1310. The van der Waals surface area contributed by atoms with E-state index in [2.05, 4.69) is 15.2 Å². The minimum atomic E-state index is -0.565. The lowest BCUT2D eigenvalue weighted by Gasteiger charge is -2.11. The zero-order chi connectivity index (χ0) is 20.5. The summed E-state index contributed by atoms with van der Waals surface area (Å²) in [5.74, 6) is 0.549. The van der Waals surface area contributed by atoms with Gasteiger partial charge in [-0.15, -0.1) is 10.2 Å². The second-order valence-corrected chi connectivity index (χ2v) is 6.40. The van der Waals surface area contributed by atoms with Gasteiger partial charge in [-0.05, 0) is 42.0 Å². The average Bonchev–Trinajstić information content (AvgIpc) is 2.76. The molecule has 29 heavy (non-hydrogen) atoms. The van der Waals surface area contributed by atoms with E-state index in [9.17, 15) is 14.0 Å². The quantitative estimate of drug-likeness (QED) is 0.525. The summed E-state index contributed by atoms with van der Waals surface area (Å²) in [5, 5.41) is 8.20. The normalized spacial score (nSPS) is 11.0. The van der Waals surface area contributed by atoms with Gasteiger partial charge in [-0.2, -0.15) is 0 Å². The Labute approximate surface area is 163 Å². The van der Waals surface area contributed by atoms with Crippen LogP contribution in [0.3, 0.4) is 0 Å². The molecule has 0 spiro atoms. The molecule has 2 heterocycles. The molecule has 0 bridgehead atoms. The SMILES string of the molecule is COc1ccc(-c2nnc3c(n2)c(=O)n(C)c(=O)n3Cc2ccc(F)cc2)cc1. The molecule has 2 aromatic heterocycles. The first-order valence-corrected chi connectivity index (χ1v) is 8.71. The van der Waals surface area contributed by atoms with E-state index in [-0.39, 0.29) is 29.4 Å². The fourth-order valence-electron chi connectivity index (χ4n) is 2.94. The molecular weight excluding hydrogens is 377 g/mol. The summed E-state index contributed by atoms with van der Waals surface area (Å²) in [6, 6.07) is 12.7. The molecule has 0 fully saturated rings. The summed E-state index contributed by atoms with van der Waals surface area (Å²) in [6.07, 6.45) is 0. The Morgan fingerprint density at radius 1 is 1.00 bits per heavy atom. The fourth-order valence-corrected chi connectivity index (χ4v) is 2.94. The molecule has 0 atom stereocenters. The average molecular weight is 393 g/mol. The van der Waals surface area contributed by atoms with Gasteiger partial charge in [0.25, 0.3) is 5.56 Å². The van der Waals surface area contributed by atoms with Crippen LogP contribution in [0.2, 0.25) is 0 Å². The van der Waals surface area contributed by atoms with Crippen LogP contribution in [0.25, 0.3) is 22.6 Å². The van der Waals surface area contributed by atoms with Crippen LogP contribution in [0, 0.1) is 5.82 Å². The van der Waals surface area contributed by atoms with Crippen LogP contribution < -0.4 is 16.0 Å². The van der Waals surface area contributed by atoms with Crippen molar-refractivity contribution in [1.82, 2.24) is 24.3 Å². The van der Waals surface area contributed by atoms with Crippen LogP contribution >= 0.6 is 0 Å². The number of rotatable bonds is 4. The maximum atomic E-state index is 13.2. The predicted octanol–water partition coefficient (Wildman–Crippen LogP) is 1.75. The molecule has 146 valence electrons. The van der Waals surface area contributed by atoms with E-state index in [4.69, 9.17) is 4.74 Å². The molecule has 9 heteroatoms. The predicted molar refractivity (Wildman–Crippen MR) is 104 cm³/mol. The summed E-state index contributed by atoms with van der Waals surface area (Å²) in [7, 11) is 2.94. The molecule has 0 saturated heterocycles. The number of methoxy groups -OCH3 is 1. The van der Waals surface area contributed by atoms with Gasteiger partial charge in [0.2, 0.25) is 0 Å². The molecule has 4 aromatic rings. The molecule has 0 aliphatic rings. The second kappa shape index (κ2) is 7.27. The molecule has 0 amide bonds. The Kier molecular flexibility index (Phi) is 4.63. The standard InChI is InChI=1S/C20H16FN5O3/c1-25-19(27)16-18(26(20(25)28)11-12-3-7-14(21)8-4-12)24-23-17(22-16)13-5-9-15(29-2)10-6-13/h3-10H,11H2,1-2H3. The Morgan fingerprint density at radius 3 is 2.34 bits per heavy atom. The van der Waals surface area contributed by atoms with Gasteiger partial charge in [0, 0.05) is 12.6 Å². The van der Waals surface area contributed by atoms with Crippen molar-refractivity contribution >= 4 is 11.2 Å². The van der Waals surface area contributed by atoms with Crippen molar-refractivity contribution in [1.29, 1.82) is 0 Å². The summed E-state index contributed by atoms with van der Waals surface area (Å²) in [6.45, 7) is 0.0992. The van der Waals surface area contributed by atoms with E-state index in [0.717, 1.165) is 4.57 Å².